The molecule has 114 valence electrons. The van der Waals surface area contributed by atoms with E-state index in [0.29, 0.717) is 21.6 Å². The van der Waals surface area contributed by atoms with Crippen LogP contribution in [0.15, 0.2) is 55.0 Å². The van der Waals surface area contributed by atoms with E-state index in [0.717, 1.165) is 5.56 Å². The number of halogens is 2. The zero-order chi connectivity index (χ0) is 16.2. The molecule has 7 heteroatoms. The second-order valence-corrected chi connectivity index (χ2v) is 5.38. The summed E-state index contributed by atoms with van der Waals surface area (Å²) in [5, 5.41) is 3.53. The van der Waals surface area contributed by atoms with Gasteiger partial charge < -0.3 is 5.32 Å². The smallest absolute Gasteiger partial charge is 0.274 e. The third kappa shape index (κ3) is 3.64. The van der Waals surface area contributed by atoms with E-state index in [1.165, 1.54) is 6.20 Å². The first-order chi connectivity index (χ1) is 11.1. The van der Waals surface area contributed by atoms with Gasteiger partial charge in [-0.3, -0.25) is 14.8 Å². The molecule has 0 saturated heterocycles. The van der Waals surface area contributed by atoms with E-state index >= 15 is 0 Å². The molecule has 3 heterocycles. The number of pyridine rings is 3. The number of nitrogens with zero attached hydrogens (tertiary/aromatic N) is 3. The van der Waals surface area contributed by atoms with E-state index in [4.69, 9.17) is 23.2 Å². The van der Waals surface area contributed by atoms with Crippen molar-refractivity contribution in [2.45, 2.75) is 0 Å². The van der Waals surface area contributed by atoms with Gasteiger partial charge >= 0.3 is 0 Å². The Morgan fingerprint density at radius 3 is 2.57 bits per heavy atom. The van der Waals surface area contributed by atoms with Crippen molar-refractivity contribution in [1.29, 1.82) is 0 Å². The summed E-state index contributed by atoms with van der Waals surface area (Å²) in [7, 11) is 0. The van der Waals surface area contributed by atoms with E-state index in [-0.39, 0.29) is 11.6 Å². The Hall–Kier alpha value is -2.50. The fourth-order valence-corrected chi connectivity index (χ4v) is 2.35. The van der Waals surface area contributed by atoms with Crippen LogP contribution in [0.5, 0.6) is 0 Å². The highest BCUT2D eigenvalue weighted by Crippen LogP contribution is 2.24. The predicted octanol–water partition coefficient (Wildman–Crippen LogP) is 4.10. The van der Waals surface area contributed by atoms with Crippen molar-refractivity contribution in [1.82, 2.24) is 15.0 Å². The van der Waals surface area contributed by atoms with Gasteiger partial charge in [-0.1, -0.05) is 23.2 Å². The minimum absolute atomic E-state index is 0.272. The van der Waals surface area contributed by atoms with Crippen molar-refractivity contribution < 1.29 is 4.79 Å². The molecule has 3 aromatic heterocycles. The first-order valence-electron chi connectivity index (χ1n) is 6.63. The first kappa shape index (κ1) is 15.4. The summed E-state index contributed by atoms with van der Waals surface area (Å²) in [5.74, 6) is -0.342. The second kappa shape index (κ2) is 6.73. The van der Waals surface area contributed by atoms with E-state index in [2.05, 4.69) is 20.3 Å². The summed E-state index contributed by atoms with van der Waals surface area (Å²) in [6, 6.07) is 10.1. The van der Waals surface area contributed by atoms with Crippen LogP contribution in [-0.2, 0) is 0 Å². The topological polar surface area (TPSA) is 67.8 Å². The molecule has 0 aliphatic heterocycles. The molecule has 3 aromatic rings. The van der Waals surface area contributed by atoms with Crippen LogP contribution in [0.25, 0.3) is 11.3 Å². The fourth-order valence-electron chi connectivity index (χ4n) is 1.94. The molecule has 0 atom stereocenters. The lowest BCUT2D eigenvalue weighted by Gasteiger charge is -2.06. The first-order valence-corrected chi connectivity index (χ1v) is 7.39. The molecule has 0 unspecified atom stereocenters. The zero-order valence-electron chi connectivity index (χ0n) is 11.7. The maximum absolute atomic E-state index is 12.2. The Bertz CT molecular complexity index is 853. The minimum Gasteiger partial charge on any atom is -0.320 e. The van der Waals surface area contributed by atoms with Gasteiger partial charge in [-0.2, -0.15) is 0 Å². The van der Waals surface area contributed by atoms with Gasteiger partial charge in [0.1, 0.15) is 10.8 Å². The Balaban J connectivity index is 1.79. The summed E-state index contributed by atoms with van der Waals surface area (Å²) in [6.07, 6.45) is 4.72. The Labute approximate surface area is 142 Å². The lowest BCUT2D eigenvalue weighted by Crippen LogP contribution is -2.13. The molecule has 0 bridgehead atoms. The van der Waals surface area contributed by atoms with Gasteiger partial charge in [0.2, 0.25) is 0 Å². The highest BCUT2D eigenvalue weighted by atomic mass is 35.5. The molecule has 3 rings (SSSR count). The molecular weight excluding hydrogens is 335 g/mol. The summed E-state index contributed by atoms with van der Waals surface area (Å²) < 4.78 is 0. The maximum Gasteiger partial charge on any atom is 0.274 e. The highest BCUT2D eigenvalue weighted by molar-refractivity contribution is 6.33. The second-order valence-electron chi connectivity index (χ2n) is 4.59. The average Bonchev–Trinajstić information content (AvgIpc) is 2.55. The Morgan fingerprint density at radius 1 is 1.00 bits per heavy atom. The van der Waals surface area contributed by atoms with Crippen molar-refractivity contribution >= 4 is 34.8 Å². The van der Waals surface area contributed by atoms with Crippen molar-refractivity contribution in [3.8, 4) is 11.3 Å². The Morgan fingerprint density at radius 2 is 1.87 bits per heavy atom. The third-order valence-corrected chi connectivity index (χ3v) is 3.52. The number of carbonyl (C=O) groups excluding carboxylic acids is 1. The van der Waals surface area contributed by atoms with Crippen LogP contribution in [0, 0.1) is 0 Å². The molecule has 0 aromatic carbocycles. The van der Waals surface area contributed by atoms with Crippen LogP contribution in [0.1, 0.15) is 10.5 Å². The van der Waals surface area contributed by atoms with Gasteiger partial charge in [0, 0.05) is 29.8 Å². The molecule has 0 spiro atoms. The van der Waals surface area contributed by atoms with Crippen molar-refractivity contribution in [2.24, 2.45) is 0 Å². The zero-order valence-corrected chi connectivity index (χ0v) is 13.2. The van der Waals surface area contributed by atoms with Gasteiger partial charge in [-0.05, 0) is 36.4 Å². The molecule has 1 amide bonds. The number of nitrogens with one attached hydrogen (secondary N) is 1. The van der Waals surface area contributed by atoms with Gasteiger partial charge in [0.05, 0.1) is 10.7 Å². The highest BCUT2D eigenvalue weighted by Gasteiger charge is 2.10. The standard InChI is InChI=1S/C16H10Cl2N4O/c17-12-2-1-6-20-15(12)10-3-4-13(21-9-10)16(23)22-11-5-7-19-14(18)8-11/h1-9H,(H,19,22,23). The number of hydrogen-bond donors (Lipinski definition) is 1. The van der Waals surface area contributed by atoms with Crippen LogP contribution in [0.2, 0.25) is 10.2 Å². The molecule has 5 nitrogen and oxygen atoms in total. The molecule has 0 fully saturated rings. The van der Waals surface area contributed by atoms with Crippen molar-refractivity contribution in [2.75, 3.05) is 5.32 Å². The van der Waals surface area contributed by atoms with Crippen molar-refractivity contribution in [3.05, 3.63) is 70.9 Å². The molecule has 0 aliphatic carbocycles. The number of rotatable bonds is 3. The molecule has 0 radical (unpaired) electrons. The molecule has 1 N–H and O–H groups in total. The van der Waals surface area contributed by atoms with Crippen LogP contribution < -0.4 is 5.32 Å². The predicted molar refractivity (Wildman–Crippen MR) is 89.7 cm³/mol. The van der Waals surface area contributed by atoms with Gasteiger partial charge in [-0.25, -0.2) is 4.98 Å². The number of anilines is 1. The van der Waals surface area contributed by atoms with Crippen LogP contribution >= 0.6 is 23.2 Å². The summed E-state index contributed by atoms with van der Waals surface area (Å²) in [5.41, 5.74) is 2.18. The monoisotopic (exact) mass is 344 g/mol. The molecular formula is C16H10Cl2N4O. The number of carbonyl (C=O) groups is 1. The SMILES string of the molecule is O=C(Nc1ccnc(Cl)c1)c1ccc(-c2ncccc2Cl)cn1. The van der Waals surface area contributed by atoms with Gasteiger partial charge in [0.15, 0.2) is 0 Å². The van der Waals surface area contributed by atoms with E-state index in [1.54, 1.807) is 48.8 Å². The largest absolute Gasteiger partial charge is 0.320 e. The maximum atomic E-state index is 12.2. The van der Waals surface area contributed by atoms with Gasteiger partial charge in [-0.15, -0.1) is 0 Å². The number of amides is 1. The molecule has 0 saturated carbocycles. The van der Waals surface area contributed by atoms with E-state index in [1.807, 2.05) is 0 Å². The normalized spacial score (nSPS) is 10.3. The van der Waals surface area contributed by atoms with Crippen molar-refractivity contribution in [3.63, 3.8) is 0 Å². The van der Waals surface area contributed by atoms with Crippen LogP contribution in [-0.4, -0.2) is 20.9 Å². The summed E-state index contributed by atoms with van der Waals surface area (Å²) in [4.78, 5) is 24.4. The lowest BCUT2D eigenvalue weighted by molar-refractivity contribution is 0.102. The number of hydrogen-bond acceptors (Lipinski definition) is 4. The third-order valence-electron chi connectivity index (χ3n) is 3.01. The van der Waals surface area contributed by atoms with E-state index in [9.17, 15) is 4.79 Å². The minimum atomic E-state index is -0.342. The van der Waals surface area contributed by atoms with Gasteiger partial charge in [0.25, 0.3) is 5.91 Å². The molecule has 23 heavy (non-hydrogen) atoms. The Kier molecular flexibility index (Phi) is 4.50. The van der Waals surface area contributed by atoms with Crippen LogP contribution in [0.3, 0.4) is 0 Å². The fraction of sp³-hybridized carbons (Fsp3) is 0. The summed E-state index contributed by atoms with van der Waals surface area (Å²) >= 11 is 11.9. The molecule has 0 aliphatic rings. The summed E-state index contributed by atoms with van der Waals surface area (Å²) in [6.45, 7) is 0. The number of aromatic nitrogens is 3. The quantitative estimate of drug-likeness (QED) is 0.726. The average molecular weight is 345 g/mol. The van der Waals surface area contributed by atoms with Crippen LogP contribution in [0.4, 0.5) is 5.69 Å². The van der Waals surface area contributed by atoms with E-state index < -0.39 is 0 Å². The lowest BCUT2D eigenvalue weighted by atomic mass is 10.1.